The lowest BCUT2D eigenvalue weighted by atomic mass is 10.1. The zero-order valence-electron chi connectivity index (χ0n) is 10.1. The second-order valence-corrected chi connectivity index (χ2v) is 4.51. The van der Waals surface area contributed by atoms with E-state index in [2.05, 4.69) is 22.9 Å². The van der Waals surface area contributed by atoms with Crippen molar-refractivity contribution in [2.45, 2.75) is 18.7 Å². The zero-order valence-corrected chi connectivity index (χ0v) is 11.7. The third-order valence-corrected chi connectivity index (χ3v) is 3.30. The van der Waals surface area contributed by atoms with Crippen LogP contribution in [-0.2, 0) is 11.8 Å². The molecule has 0 atom stereocenters. The molecule has 0 heterocycles. The average molecular weight is 309 g/mol. The Morgan fingerprint density at radius 3 is 2.67 bits per heavy atom. The first kappa shape index (κ1) is 13.1. The Bertz CT molecular complexity index is 540. The maximum absolute atomic E-state index is 13.6. The molecule has 0 fully saturated rings. The van der Waals surface area contributed by atoms with E-state index in [0.29, 0.717) is 16.6 Å². The van der Waals surface area contributed by atoms with Gasteiger partial charge in [0.25, 0.3) is 0 Å². The Hall–Kier alpha value is -1.35. The highest BCUT2D eigenvalue weighted by atomic mass is 79.9. The van der Waals surface area contributed by atoms with Crippen LogP contribution in [0.4, 0.5) is 4.39 Å². The Morgan fingerprint density at radius 1 is 1.17 bits per heavy atom. The molecule has 18 heavy (non-hydrogen) atoms. The quantitative estimate of drug-likeness (QED) is 0.716. The van der Waals surface area contributed by atoms with Crippen molar-refractivity contribution in [1.82, 2.24) is 0 Å². The minimum absolute atomic E-state index is 0.254. The Kier molecular flexibility index (Phi) is 4.37. The van der Waals surface area contributed by atoms with Gasteiger partial charge in [-0.25, -0.2) is 4.39 Å². The van der Waals surface area contributed by atoms with Gasteiger partial charge in [0.15, 0.2) is 0 Å². The van der Waals surface area contributed by atoms with Crippen LogP contribution in [0.25, 0.3) is 0 Å². The fraction of sp³-hybridized carbons (Fsp3) is 0.200. The standard InChI is InChI=1S/C15H14BrFO/c1-2-11-5-3-6-12(9-11)18-15-8-4-7-14(17)13(15)10-16/h3-9H,2,10H2,1H3. The molecule has 0 bridgehead atoms. The van der Waals surface area contributed by atoms with E-state index in [1.807, 2.05) is 24.3 Å². The van der Waals surface area contributed by atoms with E-state index in [4.69, 9.17) is 4.74 Å². The van der Waals surface area contributed by atoms with E-state index in [9.17, 15) is 4.39 Å². The number of rotatable bonds is 4. The predicted octanol–water partition coefficient (Wildman–Crippen LogP) is 5.08. The summed E-state index contributed by atoms with van der Waals surface area (Å²) >= 11 is 3.28. The van der Waals surface area contributed by atoms with Crippen molar-refractivity contribution in [3.63, 3.8) is 0 Å². The summed E-state index contributed by atoms with van der Waals surface area (Å²) in [5, 5.41) is 0.433. The van der Waals surface area contributed by atoms with Crippen molar-refractivity contribution in [3.05, 3.63) is 59.4 Å². The molecular weight excluding hydrogens is 295 g/mol. The van der Waals surface area contributed by atoms with Crippen LogP contribution in [0.1, 0.15) is 18.1 Å². The van der Waals surface area contributed by atoms with Crippen LogP contribution in [0.15, 0.2) is 42.5 Å². The number of benzene rings is 2. The van der Waals surface area contributed by atoms with E-state index >= 15 is 0 Å². The minimum Gasteiger partial charge on any atom is -0.457 e. The van der Waals surface area contributed by atoms with E-state index in [0.717, 1.165) is 12.2 Å². The van der Waals surface area contributed by atoms with Crippen LogP contribution in [0.5, 0.6) is 11.5 Å². The summed E-state index contributed by atoms with van der Waals surface area (Å²) in [6.07, 6.45) is 0.950. The molecule has 0 saturated heterocycles. The minimum atomic E-state index is -0.254. The van der Waals surface area contributed by atoms with Gasteiger partial charge in [-0.05, 0) is 36.2 Å². The Balaban J connectivity index is 2.30. The maximum Gasteiger partial charge on any atom is 0.134 e. The number of ether oxygens (including phenoxy) is 1. The number of alkyl halides is 1. The van der Waals surface area contributed by atoms with E-state index in [-0.39, 0.29) is 5.82 Å². The van der Waals surface area contributed by atoms with Gasteiger partial charge >= 0.3 is 0 Å². The molecule has 2 rings (SSSR count). The van der Waals surface area contributed by atoms with Crippen LogP contribution in [0.2, 0.25) is 0 Å². The van der Waals surface area contributed by atoms with E-state index in [1.165, 1.54) is 11.6 Å². The fourth-order valence-electron chi connectivity index (χ4n) is 1.72. The molecule has 0 spiro atoms. The van der Waals surface area contributed by atoms with Crippen LogP contribution in [0, 0.1) is 5.82 Å². The van der Waals surface area contributed by atoms with Crippen molar-refractivity contribution in [2.24, 2.45) is 0 Å². The largest absolute Gasteiger partial charge is 0.457 e. The highest BCUT2D eigenvalue weighted by Gasteiger charge is 2.09. The second-order valence-electron chi connectivity index (χ2n) is 3.95. The van der Waals surface area contributed by atoms with Gasteiger partial charge < -0.3 is 4.74 Å². The first-order valence-electron chi connectivity index (χ1n) is 5.84. The van der Waals surface area contributed by atoms with Crippen molar-refractivity contribution in [1.29, 1.82) is 0 Å². The first-order chi connectivity index (χ1) is 8.74. The molecule has 0 aliphatic carbocycles. The van der Waals surface area contributed by atoms with Crippen molar-refractivity contribution in [2.75, 3.05) is 0 Å². The summed E-state index contributed by atoms with van der Waals surface area (Å²) in [6.45, 7) is 2.09. The van der Waals surface area contributed by atoms with Gasteiger partial charge in [0.1, 0.15) is 17.3 Å². The lowest BCUT2D eigenvalue weighted by molar-refractivity contribution is 0.470. The van der Waals surface area contributed by atoms with Gasteiger partial charge in [-0.1, -0.05) is 41.1 Å². The molecule has 0 amide bonds. The molecule has 0 aromatic heterocycles. The fourth-order valence-corrected chi connectivity index (χ4v) is 2.26. The van der Waals surface area contributed by atoms with Gasteiger partial charge in [-0.2, -0.15) is 0 Å². The number of halogens is 2. The van der Waals surface area contributed by atoms with E-state index in [1.54, 1.807) is 12.1 Å². The normalized spacial score (nSPS) is 10.4. The van der Waals surface area contributed by atoms with Gasteiger partial charge in [0.05, 0.1) is 0 Å². The summed E-state index contributed by atoms with van der Waals surface area (Å²) in [7, 11) is 0. The Labute approximate surface area is 115 Å². The smallest absolute Gasteiger partial charge is 0.134 e. The molecule has 0 saturated carbocycles. The summed E-state index contributed by atoms with van der Waals surface area (Å²) in [4.78, 5) is 0. The van der Waals surface area contributed by atoms with Gasteiger partial charge in [-0.15, -0.1) is 0 Å². The first-order valence-corrected chi connectivity index (χ1v) is 6.97. The van der Waals surface area contributed by atoms with Crippen molar-refractivity contribution < 1.29 is 9.13 Å². The van der Waals surface area contributed by atoms with Crippen molar-refractivity contribution in [3.8, 4) is 11.5 Å². The van der Waals surface area contributed by atoms with Gasteiger partial charge in [-0.3, -0.25) is 0 Å². The molecule has 0 N–H and O–H groups in total. The second kappa shape index (κ2) is 6.01. The molecule has 94 valence electrons. The number of hydrogen-bond acceptors (Lipinski definition) is 1. The number of hydrogen-bond donors (Lipinski definition) is 0. The third-order valence-electron chi connectivity index (χ3n) is 2.74. The van der Waals surface area contributed by atoms with Crippen LogP contribution < -0.4 is 4.74 Å². The zero-order chi connectivity index (χ0) is 13.0. The monoisotopic (exact) mass is 308 g/mol. The summed E-state index contributed by atoms with van der Waals surface area (Å²) < 4.78 is 19.3. The third kappa shape index (κ3) is 2.91. The molecule has 0 unspecified atom stereocenters. The van der Waals surface area contributed by atoms with Crippen molar-refractivity contribution >= 4 is 15.9 Å². The number of aryl methyl sites for hydroxylation is 1. The highest BCUT2D eigenvalue weighted by Crippen LogP contribution is 2.29. The topological polar surface area (TPSA) is 9.23 Å². The molecule has 0 aliphatic heterocycles. The maximum atomic E-state index is 13.6. The lowest BCUT2D eigenvalue weighted by Gasteiger charge is -2.11. The lowest BCUT2D eigenvalue weighted by Crippen LogP contribution is -1.93. The molecular formula is C15H14BrFO. The summed E-state index contributed by atoms with van der Waals surface area (Å²) in [6, 6.07) is 12.7. The average Bonchev–Trinajstić information content (AvgIpc) is 2.39. The summed E-state index contributed by atoms with van der Waals surface area (Å²) in [5.41, 5.74) is 1.74. The predicted molar refractivity (Wildman–Crippen MR) is 74.9 cm³/mol. The van der Waals surface area contributed by atoms with E-state index < -0.39 is 0 Å². The molecule has 2 aromatic rings. The van der Waals surface area contributed by atoms with Crippen LogP contribution >= 0.6 is 15.9 Å². The van der Waals surface area contributed by atoms with Gasteiger partial charge in [0, 0.05) is 10.9 Å². The highest BCUT2D eigenvalue weighted by molar-refractivity contribution is 9.08. The molecule has 3 heteroatoms. The van der Waals surface area contributed by atoms with Gasteiger partial charge in [0.2, 0.25) is 0 Å². The SMILES string of the molecule is CCc1cccc(Oc2cccc(F)c2CBr)c1. The molecule has 1 nitrogen and oxygen atoms in total. The van der Waals surface area contributed by atoms with Crippen LogP contribution in [0.3, 0.4) is 0 Å². The molecule has 2 aromatic carbocycles. The Morgan fingerprint density at radius 2 is 1.94 bits per heavy atom. The summed E-state index contributed by atoms with van der Waals surface area (Å²) in [5.74, 6) is 1.04. The van der Waals surface area contributed by atoms with Crippen LogP contribution in [-0.4, -0.2) is 0 Å². The molecule has 0 aliphatic rings. The molecule has 0 radical (unpaired) electrons.